The smallest absolute Gasteiger partial charge is 0.406 e. The van der Waals surface area contributed by atoms with Crippen LogP contribution in [0.2, 0.25) is 0 Å². The van der Waals surface area contributed by atoms with Crippen molar-refractivity contribution in [2.75, 3.05) is 7.11 Å². The third-order valence-electron chi connectivity index (χ3n) is 4.32. The number of alkyl halides is 3. The maximum Gasteiger partial charge on any atom is 0.573 e. The highest BCUT2D eigenvalue weighted by Crippen LogP contribution is 2.41. The van der Waals surface area contributed by atoms with E-state index in [-0.39, 0.29) is 11.7 Å². The second kappa shape index (κ2) is 7.22. The third kappa shape index (κ3) is 4.71. The summed E-state index contributed by atoms with van der Waals surface area (Å²) in [5.74, 6) is -0.983. The number of rotatable bonds is 4. The van der Waals surface area contributed by atoms with Crippen LogP contribution in [0.3, 0.4) is 0 Å². The summed E-state index contributed by atoms with van der Waals surface area (Å²) >= 11 is 0. The van der Waals surface area contributed by atoms with E-state index in [1.807, 2.05) is 0 Å². The Labute approximate surface area is 137 Å². The Hall–Kier alpha value is -2.07. The van der Waals surface area contributed by atoms with Gasteiger partial charge in [-0.2, -0.15) is 9.65 Å². The fourth-order valence-electron chi connectivity index (χ4n) is 3.05. The average Bonchev–Trinajstić information content (AvgIpc) is 2.55. The summed E-state index contributed by atoms with van der Waals surface area (Å²) < 4.78 is 59.0. The molecule has 0 radical (unpaired) electrons. The van der Waals surface area contributed by atoms with Crippen molar-refractivity contribution >= 4 is 0 Å². The van der Waals surface area contributed by atoms with Crippen molar-refractivity contribution in [2.24, 2.45) is 0 Å². The van der Waals surface area contributed by atoms with Crippen molar-refractivity contribution in [1.82, 2.24) is 0 Å². The molecule has 2 rings (SSSR count). The normalized spacial score (nSPS) is 25.2. The first-order chi connectivity index (χ1) is 11.3. The lowest BCUT2D eigenvalue weighted by Crippen LogP contribution is -2.34. The van der Waals surface area contributed by atoms with E-state index >= 15 is 0 Å². The number of hydrogen-bond acceptors (Lipinski definition) is 3. The molecule has 1 fully saturated rings. The highest BCUT2D eigenvalue weighted by atomic mass is 19.4. The largest absolute Gasteiger partial charge is 0.573 e. The van der Waals surface area contributed by atoms with Crippen LogP contribution < -0.4 is 4.74 Å². The van der Waals surface area contributed by atoms with Gasteiger partial charge in [-0.25, -0.2) is 0 Å². The van der Waals surface area contributed by atoms with Crippen molar-refractivity contribution < 1.29 is 27.0 Å². The van der Waals surface area contributed by atoms with Gasteiger partial charge in [-0.15, -0.1) is 13.2 Å². The number of allylic oxidation sites excluding steroid dienone is 1. The van der Waals surface area contributed by atoms with Gasteiger partial charge in [-0.3, -0.25) is 0 Å². The van der Waals surface area contributed by atoms with Gasteiger partial charge in [0.15, 0.2) is 5.83 Å². The summed E-state index contributed by atoms with van der Waals surface area (Å²) in [4.78, 5) is 0. The van der Waals surface area contributed by atoms with E-state index in [2.05, 4.69) is 4.74 Å². The zero-order valence-electron chi connectivity index (χ0n) is 13.1. The highest BCUT2D eigenvalue weighted by Gasteiger charge is 2.35. The minimum Gasteiger partial charge on any atom is -0.406 e. The Kier molecular flexibility index (Phi) is 5.50. The van der Waals surface area contributed by atoms with Crippen molar-refractivity contribution in [2.45, 2.75) is 43.6 Å². The van der Waals surface area contributed by atoms with Crippen LogP contribution in [-0.2, 0) is 4.74 Å². The average molecular weight is 343 g/mol. The van der Waals surface area contributed by atoms with Crippen LogP contribution in [0.15, 0.2) is 36.2 Å². The van der Waals surface area contributed by atoms with Crippen molar-refractivity contribution in [3.8, 4) is 11.8 Å². The van der Waals surface area contributed by atoms with Gasteiger partial charge in [0.05, 0.1) is 5.60 Å². The number of methoxy groups -OCH3 is 1. The zero-order chi connectivity index (χ0) is 17.8. The summed E-state index contributed by atoms with van der Waals surface area (Å²) in [5.41, 5.74) is 0.106. The molecular weight excluding hydrogens is 326 g/mol. The summed E-state index contributed by atoms with van der Waals surface area (Å²) in [6, 6.07) is 7.24. The summed E-state index contributed by atoms with van der Waals surface area (Å²) in [6.07, 6.45) is -1.07. The van der Waals surface area contributed by atoms with Crippen molar-refractivity contribution in [1.29, 1.82) is 5.26 Å². The molecule has 1 aromatic rings. The van der Waals surface area contributed by atoms with E-state index in [0.29, 0.717) is 25.7 Å². The van der Waals surface area contributed by atoms with Crippen LogP contribution in [0.25, 0.3) is 0 Å². The molecule has 0 heterocycles. The van der Waals surface area contributed by atoms with Gasteiger partial charge in [0.25, 0.3) is 0 Å². The van der Waals surface area contributed by atoms with Crippen LogP contribution in [0, 0.1) is 11.3 Å². The maximum absolute atomic E-state index is 13.3. The number of ether oxygens (including phenoxy) is 2. The summed E-state index contributed by atoms with van der Waals surface area (Å²) in [6.45, 7) is 0. The first kappa shape index (κ1) is 18.3. The molecule has 0 aromatic heterocycles. The molecule has 3 nitrogen and oxygen atoms in total. The van der Waals surface area contributed by atoms with Crippen LogP contribution in [0.5, 0.6) is 5.75 Å². The number of nitriles is 1. The predicted molar refractivity (Wildman–Crippen MR) is 78.9 cm³/mol. The lowest BCUT2D eigenvalue weighted by molar-refractivity contribution is -0.274. The Morgan fingerprint density at radius 1 is 1.25 bits per heavy atom. The first-order valence-electron chi connectivity index (χ1n) is 7.46. The van der Waals surface area contributed by atoms with Gasteiger partial charge in [-0.1, -0.05) is 12.1 Å². The predicted octanol–water partition coefficient (Wildman–Crippen LogP) is 5.00. The SMILES string of the molecule is CO[C@]1(C=C(F)C#N)CC[C@H](c2ccc(OC(F)(F)F)cc2)CC1. The number of hydrogen-bond donors (Lipinski definition) is 0. The number of halogens is 4. The standard InChI is InChI=1S/C17H17F4NO2/c1-23-16(10-14(18)11-22)8-6-13(7-9-16)12-2-4-15(5-3-12)24-17(19,20)21/h2-5,10,13H,6-9H2,1H3/t13-,16+. The highest BCUT2D eigenvalue weighted by molar-refractivity contribution is 5.30. The lowest BCUT2D eigenvalue weighted by atomic mass is 9.75. The fourth-order valence-corrected chi connectivity index (χ4v) is 3.05. The molecule has 0 unspecified atom stereocenters. The molecule has 1 aromatic carbocycles. The molecular formula is C17H17F4NO2. The minimum absolute atomic E-state index is 0.145. The fraction of sp³-hybridized carbons (Fsp3) is 0.471. The van der Waals surface area contributed by atoms with E-state index in [4.69, 9.17) is 10.00 Å². The van der Waals surface area contributed by atoms with Gasteiger partial charge < -0.3 is 9.47 Å². The minimum atomic E-state index is -4.71. The second-order valence-electron chi connectivity index (χ2n) is 5.76. The van der Waals surface area contributed by atoms with E-state index in [9.17, 15) is 17.6 Å². The Balaban J connectivity index is 2.03. The first-order valence-corrected chi connectivity index (χ1v) is 7.46. The summed E-state index contributed by atoms with van der Waals surface area (Å²) in [7, 11) is 1.48. The van der Waals surface area contributed by atoms with E-state index in [1.165, 1.54) is 31.4 Å². The van der Waals surface area contributed by atoms with Crippen LogP contribution in [-0.4, -0.2) is 19.1 Å². The van der Waals surface area contributed by atoms with E-state index < -0.39 is 17.8 Å². The molecule has 0 amide bonds. The molecule has 7 heteroatoms. The topological polar surface area (TPSA) is 42.2 Å². The Morgan fingerprint density at radius 2 is 1.83 bits per heavy atom. The monoisotopic (exact) mass is 343 g/mol. The third-order valence-corrected chi connectivity index (χ3v) is 4.32. The molecule has 1 aliphatic carbocycles. The Morgan fingerprint density at radius 3 is 2.29 bits per heavy atom. The zero-order valence-corrected chi connectivity index (χ0v) is 13.1. The molecule has 0 atom stereocenters. The molecule has 1 aliphatic rings. The molecule has 0 bridgehead atoms. The van der Waals surface area contributed by atoms with Crippen LogP contribution in [0.4, 0.5) is 17.6 Å². The van der Waals surface area contributed by atoms with Gasteiger partial charge in [0, 0.05) is 7.11 Å². The van der Waals surface area contributed by atoms with Crippen LogP contribution >= 0.6 is 0 Å². The van der Waals surface area contributed by atoms with Gasteiger partial charge >= 0.3 is 6.36 Å². The molecule has 0 spiro atoms. The van der Waals surface area contributed by atoms with Crippen molar-refractivity contribution in [3.05, 3.63) is 41.7 Å². The molecule has 1 saturated carbocycles. The van der Waals surface area contributed by atoms with Crippen molar-refractivity contribution in [3.63, 3.8) is 0 Å². The van der Waals surface area contributed by atoms with Gasteiger partial charge in [-0.05, 0) is 55.4 Å². The van der Waals surface area contributed by atoms with Gasteiger partial charge in [0.2, 0.25) is 0 Å². The van der Waals surface area contributed by atoms with E-state index in [1.54, 1.807) is 12.1 Å². The molecule has 130 valence electrons. The maximum atomic E-state index is 13.3. The number of nitrogens with zero attached hydrogens (tertiary/aromatic N) is 1. The quantitative estimate of drug-likeness (QED) is 0.570. The molecule has 0 saturated heterocycles. The molecule has 0 aliphatic heterocycles. The second-order valence-corrected chi connectivity index (χ2v) is 5.76. The molecule has 24 heavy (non-hydrogen) atoms. The van der Waals surface area contributed by atoms with E-state index in [0.717, 1.165) is 5.56 Å². The summed E-state index contributed by atoms with van der Waals surface area (Å²) in [5, 5.41) is 8.57. The molecule has 0 N–H and O–H groups in total. The Bertz CT molecular complexity index is 623. The number of benzene rings is 1. The van der Waals surface area contributed by atoms with Gasteiger partial charge in [0.1, 0.15) is 11.8 Å². The van der Waals surface area contributed by atoms with Crippen LogP contribution in [0.1, 0.15) is 37.2 Å². The lowest BCUT2D eigenvalue weighted by Gasteiger charge is -2.37.